The number of allylic oxidation sites excluding steroid dienone is 3. The van der Waals surface area contributed by atoms with Crippen LogP contribution < -0.4 is 0 Å². The number of carbonyl (C=O) groups excluding carboxylic acids is 2. The summed E-state index contributed by atoms with van der Waals surface area (Å²) in [5, 5.41) is 0. The van der Waals surface area contributed by atoms with Gasteiger partial charge < -0.3 is 0 Å². The lowest BCUT2D eigenvalue weighted by Crippen LogP contribution is -2.21. The topological polar surface area (TPSA) is 34.1 Å². The molecule has 0 heterocycles. The van der Waals surface area contributed by atoms with Crippen LogP contribution in [0.15, 0.2) is 72.8 Å². The zero-order valence-corrected chi connectivity index (χ0v) is 11.5. The van der Waals surface area contributed by atoms with Crippen LogP contribution >= 0.6 is 0 Å². The quantitative estimate of drug-likeness (QED) is 0.790. The molecular weight excluding hydrogens is 260 g/mol. The first-order valence-corrected chi connectivity index (χ1v) is 6.82. The number of hydrogen-bond acceptors (Lipinski definition) is 2. The number of fused-ring (bicyclic) bond motifs is 1. The number of hydrogen-bond donors (Lipinski definition) is 0. The van der Waals surface area contributed by atoms with Crippen molar-refractivity contribution in [3.05, 3.63) is 89.5 Å². The van der Waals surface area contributed by atoms with E-state index in [1.54, 1.807) is 30.3 Å². The minimum Gasteiger partial charge on any atom is -0.289 e. The van der Waals surface area contributed by atoms with E-state index in [1.807, 2.05) is 30.3 Å². The Bertz CT molecular complexity index is 767. The van der Waals surface area contributed by atoms with Crippen LogP contribution in [0.25, 0.3) is 5.57 Å². The van der Waals surface area contributed by atoms with Crippen LogP contribution in [0, 0.1) is 0 Å². The molecule has 2 heteroatoms. The molecule has 0 spiro atoms. The van der Waals surface area contributed by atoms with Crippen molar-refractivity contribution in [3.8, 4) is 0 Å². The highest BCUT2D eigenvalue weighted by Gasteiger charge is 2.31. The van der Waals surface area contributed by atoms with Gasteiger partial charge >= 0.3 is 0 Å². The Morgan fingerprint density at radius 1 is 0.810 bits per heavy atom. The lowest BCUT2D eigenvalue weighted by molar-refractivity contribution is 0.0990. The van der Waals surface area contributed by atoms with Crippen LogP contribution in [0.5, 0.6) is 0 Å². The first-order valence-electron chi connectivity index (χ1n) is 6.82. The van der Waals surface area contributed by atoms with E-state index in [9.17, 15) is 9.59 Å². The SMILES string of the molecule is C=CCC1=C(c2ccccc2)C(=O)c2ccccc2C1=O. The Morgan fingerprint density at radius 3 is 2.00 bits per heavy atom. The van der Waals surface area contributed by atoms with Gasteiger partial charge in [-0.15, -0.1) is 6.58 Å². The molecule has 0 aliphatic heterocycles. The second kappa shape index (κ2) is 5.33. The van der Waals surface area contributed by atoms with Gasteiger partial charge in [0.15, 0.2) is 11.6 Å². The fourth-order valence-corrected chi connectivity index (χ4v) is 2.68. The molecule has 2 aromatic rings. The summed E-state index contributed by atoms with van der Waals surface area (Å²) in [6.45, 7) is 3.70. The highest BCUT2D eigenvalue weighted by atomic mass is 16.1. The zero-order chi connectivity index (χ0) is 14.8. The molecule has 1 aliphatic rings. The maximum absolute atomic E-state index is 12.8. The molecule has 21 heavy (non-hydrogen) atoms. The zero-order valence-electron chi connectivity index (χ0n) is 11.5. The van der Waals surface area contributed by atoms with Crippen LogP contribution in [0.2, 0.25) is 0 Å². The van der Waals surface area contributed by atoms with Gasteiger partial charge in [0.05, 0.1) is 0 Å². The van der Waals surface area contributed by atoms with Crippen molar-refractivity contribution >= 4 is 17.1 Å². The van der Waals surface area contributed by atoms with E-state index in [0.717, 1.165) is 5.56 Å². The molecule has 0 fully saturated rings. The van der Waals surface area contributed by atoms with E-state index in [-0.39, 0.29) is 11.6 Å². The van der Waals surface area contributed by atoms with Gasteiger partial charge in [0, 0.05) is 22.3 Å². The number of Topliss-reactive ketones (excluding diaryl/α,β-unsaturated/α-hetero) is 2. The van der Waals surface area contributed by atoms with Crippen molar-refractivity contribution in [1.82, 2.24) is 0 Å². The predicted octanol–water partition coefficient (Wildman–Crippen LogP) is 4.10. The lowest BCUT2D eigenvalue weighted by atomic mass is 9.80. The fourth-order valence-electron chi connectivity index (χ4n) is 2.68. The molecule has 1 aliphatic carbocycles. The number of carbonyl (C=O) groups is 2. The summed E-state index contributed by atoms with van der Waals surface area (Å²) in [6, 6.07) is 16.3. The highest BCUT2D eigenvalue weighted by molar-refractivity contribution is 6.40. The van der Waals surface area contributed by atoms with Gasteiger partial charge in [-0.25, -0.2) is 0 Å². The van der Waals surface area contributed by atoms with Crippen molar-refractivity contribution in [3.63, 3.8) is 0 Å². The second-order valence-corrected chi connectivity index (χ2v) is 4.92. The molecule has 3 rings (SSSR count). The molecule has 0 saturated heterocycles. The van der Waals surface area contributed by atoms with Crippen LogP contribution in [0.4, 0.5) is 0 Å². The normalized spacial score (nSPS) is 14.1. The number of benzene rings is 2. The highest BCUT2D eigenvalue weighted by Crippen LogP contribution is 2.33. The van der Waals surface area contributed by atoms with Gasteiger partial charge in [0.25, 0.3) is 0 Å². The van der Waals surface area contributed by atoms with Gasteiger partial charge in [0.2, 0.25) is 0 Å². The van der Waals surface area contributed by atoms with Crippen LogP contribution in [-0.2, 0) is 0 Å². The van der Waals surface area contributed by atoms with Crippen molar-refractivity contribution in [1.29, 1.82) is 0 Å². The van der Waals surface area contributed by atoms with Gasteiger partial charge in [0.1, 0.15) is 0 Å². The van der Waals surface area contributed by atoms with Gasteiger partial charge in [-0.3, -0.25) is 9.59 Å². The van der Waals surface area contributed by atoms with Gasteiger partial charge in [-0.1, -0.05) is 60.7 Å². The van der Waals surface area contributed by atoms with Crippen molar-refractivity contribution in [2.75, 3.05) is 0 Å². The average molecular weight is 274 g/mol. The summed E-state index contributed by atoms with van der Waals surface area (Å²) in [5.41, 5.74) is 2.77. The van der Waals surface area contributed by atoms with Crippen molar-refractivity contribution in [2.24, 2.45) is 0 Å². The molecule has 0 saturated carbocycles. The number of ketones is 2. The minimum atomic E-state index is -0.0896. The molecule has 2 nitrogen and oxygen atoms in total. The van der Waals surface area contributed by atoms with E-state index < -0.39 is 0 Å². The summed E-state index contributed by atoms with van der Waals surface area (Å²) in [4.78, 5) is 25.5. The van der Waals surface area contributed by atoms with Crippen LogP contribution in [-0.4, -0.2) is 11.6 Å². The second-order valence-electron chi connectivity index (χ2n) is 4.92. The molecule has 2 aromatic carbocycles. The summed E-state index contributed by atoms with van der Waals surface area (Å²) < 4.78 is 0. The van der Waals surface area contributed by atoms with Gasteiger partial charge in [-0.2, -0.15) is 0 Å². The fraction of sp³-hybridized carbons (Fsp3) is 0.0526. The van der Waals surface area contributed by atoms with E-state index >= 15 is 0 Å². The van der Waals surface area contributed by atoms with E-state index in [4.69, 9.17) is 0 Å². The first kappa shape index (κ1) is 13.3. The molecule has 0 atom stereocenters. The van der Waals surface area contributed by atoms with E-state index in [0.29, 0.717) is 28.7 Å². The number of rotatable bonds is 3. The molecule has 0 amide bonds. The Morgan fingerprint density at radius 2 is 1.38 bits per heavy atom. The largest absolute Gasteiger partial charge is 0.289 e. The van der Waals surface area contributed by atoms with Crippen LogP contribution in [0.3, 0.4) is 0 Å². The predicted molar refractivity (Wildman–Crippen MR) is 83.3 cm³/mol. The standard InChI is InChI=1S/C19H14O2/c1-2-8-16-17(13-9-4-3-5-10-13)19(21)15-12-7-6-11-14(15)18(16)20/h2-7,9-12H,1,8H2. The summed E-state index contributed by atoms with van der Waals surface area (Å²) in [6.07, 6.45) is 2.06. The smallest absolute Gasteiger partial charge is 0.194 e. The Hall–Kier alpha value is -2.74. The summed E-state index contributed by atoms with van der Waals surface area (Å²) in [7, 11) is 0. The van der Waals surface area contributed by atoms with E-state index in [1.165, 1.54) is 0 Å². The minimum absolute atomic E-state index is 0.0797. The maximum Gasteiger partial charge on any atom is 0.194 e. The van der Waals surface area contributed by atoms with Crippen molar-refractivity contribution in [2.45, 2.75) is 6.42 Å². The van der Waals surface area contributed by atoms with Crippen LogP contribution in [0.1, 0.15) is 32.7 Å². The molecule has 0 aromatic heterocycles. The third-order valence-corrected chi connectivity index (χ3v) is 3.63. The first-order chi connectivity index (χ1) is 10.2. The lowest BCUT2D eigenvalue weighted by Gasteiger charge is -2.20. The molecule has 0 unspecified atom stereocenters. The molecular formula is C19H14O2. The Kier molecular flexibility index (Phi) is 3.36. The molecule has 102 valence electrons. The Labute approximate surface area is 123 Å². The van der Waals surface area contributed by atoms with E-state index in [2.05, 4.69) is 6.58 Å². The maximum atomic E-state index is 12.8. The third kappa shape index (κ3) is 2.15. The van der Waals surface area contributed by atoms with Gasteiger partial charge in [-0.05, 0) is 12.0 Å². The summed E-state index contributed by atoms with van der Waals surface area (Å²) >= 11 is 0. The molecule has 0 N–H and O–H groups in total. The third-order valence-electron chi connectivity index (χ3n) is 3.63. The monoisotopic (exact) mass is 274 g/mol. The molecule has 0 bridgehead atoms. The Balaban J connectivity index is 2.27. The van der Waals surface area contributed by atoms with Crippen molar-refractivity contribution < 1.29 is 9.59 Å². The molecule has 0 radical (unpaired) electrons. The average Bonchev–Trinajstić information content (AvgIpc) is 2.54. The summed E-state index contributed by atoms with van der Waals surface area (Å²) in [5.74, 6) is -0.169.